The second-order valence-electron chi connectivity index (χ2n) is 4.33. The molecule has 6 nitrogen and oxygen atoms in total. The van der Waals surface area contributed by atoms with Crippen LogP contribution < -0.4 is 11.5 Å². The van der Waals surface area contributed by atoms with Gasteiger partial charge in [-0.2, -0.15) is 0 Å². The number of hydrogen-bond acceptors (Lipinski definition) is 6. The first-order chi connectivity index (χ1) is 9.79. The highest BCUT2D eigenvalue weighted by molar-refractivity contribution is 6.42. The zero-order chi connectivity index (χ0) is 15.1. The van der Waals surface area contributed by atoms with E-state index in [1.807, 2.05) is 0 Å². The molecule has 0 aromatic rings. The maximum atomic E-state index is 5.38. The van der Waals surface area contributed by atoms with Crippen molar-refractivity contribution in [2.24, 2.45) is 21.5 Å². The number of nitrogens with two attached hydrogens (primary N) is 2. The van der Waals surface area contributed by atoms with E-state index in [4.69, 9.17) is 20.9 Å². The van der Waals surface area contributed by atoms with Crippen LogP contribution in [0.5, 0.6) is 0 Å². The third kappa shape index (κ3) is 10.0. The molecular weight excluding hydrogens is 256 g/mol. The van der Waals surface area contributed by atoms with Gasteiger partial charge in [-0.15, -0.1) is 0 Å². The molecule has 0 amide bonds. The summed E-state index contributed by atoms with van der Waals surface area (Å²) >= 11 is 0. The van der Waals surface area contributed by atoms with E-state index >= 15 is 0 Å². The van der Waals surface area contributed by atoms with Gasteiger partial charge in [0.25, 0.3) is 0 Å². The number of ether oxygens (including phenoxy) is 2. The minimum Gasteiger partial charge on any atom is -0.365 e. The van der Waals surface area contributed by atoms with Gasteiger partial charge in [0.2, 0.25) is 0 Å². The molecule has 20 heavy (non-hydrogen) atoms. The van der Waals surface area contributed by atoms with E-state index in [-0.39, 0.29) is 6.73 Å². The predicted molar refractivity (Wildman–Crippen MR) is 84.4 cm³/mol. The van der Waals surface area contributed by atoms with Gasteiger partial charge in [-0.05, 0) is 12.8 Å². The molecule has 0 saturated carbocycles. The summed E-state index contributed by atoms with van der Waals surface area (Å²) in [5, 5.41) is 0. The van der Waals surface area contributed by atoms with Gasteiger partial charge in [0, 0.05) is 6.54 Å². The Hall–Kier alpha value is -0.820. The van der Waals surface area contributed by atoms with E-state index in [9.17, 15) is 0 Å². The van der Waals surface area contributed by atoms with Gasteiger partial charge in [-0.3, -0.25) is 9.98 Å². The lowest BCUT2D eigenvalue weighted by Crippen LogP contribution is -2.18. The highest BCUT2D eigenvalue weighted by atomic mass is 16.5. The molecule has 0 aliphatic heterocycles. The molecule has 0 heterocycles. The molecule has 0 aromatic carbocycles. The summed E-state index contributed by atoms with van der Waals surface area (Å²) in [4.78, 5) is 9.11. The molecule has 0 aliphatic carbocycles. The number of nitrogens with zero attached hydrogens (tertiary/aromatic N) is 2. The quantitative estimate of drug-likeness (QED) is 0.303. The lowest BCUT2D eigenvalue weighted by molar-refractivity contribution is 0.149. The molecular formula is C14H30N4O2. The van der Waals surface area contributed by atoms with Crippen LogP contribution in [0.2, 0.25) is 0 Å². The average Bonchev–Trinajstić information content (AvgIpc) is 2.46. The van der Waals surface area contributed by atoms with Crippen LogP contribution in [0.3, 0.4) is 0 Å². The molecule has 0 atom stereocenters. The van der Waals surface area contributed by atoms with E-state index in [2.05, 4.69) is 23.8 Å². The molecule has 0 spiro atoms. The average molecular weight is 286 g/mol. The minimum absolute atomic E-state index is 0.238. The predicted octanol–water partition coefficient (Wildman–Crippen LogP) is 1.33. The normalized spacial score (nSPS) is 13.0. The zero-order valence-electron chi connectivity index (χ0n) is 12.9. The first-order valence-corrected chi connectivity index (χ1v) is 7.42. The van der Waals surface area contributed by atoms with Crippen LogP contribution in [0, 0.1) is 0 Å². The standard InChI is InChI=1S/C14H30N4O2/c1-3-5-13(17-8-10-19-11-16)14(6-4-2)18-12-20-9-7-15/h3-12,15-16H2,1-2H3/b17-13+,18-14+. The van der Waals surface area contributed by atoms with Crippen LogP contribution in [0.15, 0.2) is 9.98 Å². The zero-order valence-corrected chi connectivity index (χ0v) is 12.9. The van der Waals surface area contributed by atoms with Crippen molar-refractivity contribution < 1.29 is 9.47 Å². The van der Waals surface area contributed by atoms with Crippen LogP contribution in [0.1, 0.15) is 39.5 Å². The largest absolute Gasteiger partial charge is 0.365 e. The van der Waals surface area contributed by atoms with Crippen LogP contribution in [-0.2, 0) is 9.47 Å². The summed E-state index contributed by atoms with van der Waals surface area (Å²) in [5.41, 5.74) is 12.8. The lowest BCUT2D eigenvalue weighted by atomic mass is 10.1. The van der Waals surface area contributed by atoms with E-state index in [0.29, 0.717) is 33.0 Å². The fourth-order valence-corrected chi connectivity index (χ4v) is 1.70. The van der Waals surface area contributed by atoms with E-state index in [0.717, 1.165) is 37.1 Å². The van der Waals surface area contributed by atoms with Gasteiger partial charge < -0.3 is 20.9 Å². The summed E-state index contributed by atoms with van der Waals surface area (Å²) in [6.45, 7) is 7.10. The monoisotopic (exact) mass is 286 g/mol. The Balaban J connectivity index is 4.57. The fraction of sp³-hybridized carbons (Fsp3) is 0.857. The van der Waals surface area contributed by atoms with Crippen molar-refractivity contribution in [3.05, 3.63) is 0 Å². The Bertz CT molecular complexity index is 252. The Morgan fingerprint density at radius 1 is 0.900 bits per heavy atom. The van der Waals surface area contributed by atoms with E-state index in [1.165, 1.54) is 0 Å². The highest BCUT2D eigenvalue weighted by Crippen LogP contribution is 2.03. The van der Waals surface area contributed by atoms with Crippen molar-refractivity contribution in [1.82, 2.24) is 0 Å². The fourth-order valence-electron chi connectivity index (χ4n) is 1.70. The van der Waals surface area contributed by atoms with Gasteiger partial charge in [-0.25, -0.2) is 0 Å². The Morgan fingerprint density at radius 2 is 1.55 bits per heavy atom. The Kier molecular flexibility index (Phi) is 14.0. The van der Waals surface area contributed by atoms with Crippen molar-refractivity contribution in [3.8, 4) is 0 Å². The number of aliphatic imine (C=N–C) groups is 2. The molecule has 0 fully saturated rings. The minimum atomic E-state index is 0.238. The maximum absolute atomic E-state index is 5.38. The van der Waals surface area contributed by atoms with Gasteiger partial charge in [-0.1, -0.05) is 26.7 Å². The Labute approximate surface area is 122 Å². The molecule has 0 unspecified atom stereocenters. The van der Waals surface area contributed by atoms with Crippen molar-refractivity contribution in [2.45, 2.75) is 39.5 Å². The first-order valence-electron chi connectivity index (χ1n) is 7.42. The second-order valence-corrected chi connectivity index (χ2v) is 4.33. The molecule has 0 radical (unpaired) electrons. The summed E-state index contributed by atoms with van der Waals surface area (Å²) in [7, 11) is 0. The molecule has 0 aromatic heterocycles. The van der Waals surface area contributed by atoms with Crippen molar-refractivity contribution in [1.29, 1.82) is 0 Å². The second kappa shape index (κ2) is 14.6. The molecule has 0 rings (SSSR count). The maximum Gasteiger partial charge on any atom is 0.137 e. The van der Waals surface area contributed by atoms with Gasteiger partial charge >= 0.3 is 0 Å². The van der Waals surface area contributed by atoms with Gasteiger partial charge in [0.15, 0.2) is 0 Å². The summed E-state index contributed by atoms with van der Waals surface area (Å²) in [6.07, 6.45) is 3.93. The summed E-state index contributed by atoms with van der Waals surface area (Å²) in [5.74, 6) is 0. The number of hydrogen-bond donors (Lipinski definition) is 2. The molecule has 4 N–H and O–H groups in total. The van der Waals surface area contributed by atoms with Gasteiger partial charge in [0.1, 0.15) is 6.73 Å². The molecule has 0 saturated heterocycles. The van der Waals surface area contributed by atoms with Crippen molar-refractivity contribution in [2.75, 3.05) is 39.8 Å². The Morgan fingerprint density at radius 3 is 2.10 bits per heavy atom. The van der Waals surface area contributed by atoms with E-state index in [1.54, 1.807) is 0 Å². The van der Waals surface area contributed by atoms with Crippen LogP contribution in [0.25, 0.3) is 0 Å². The smallest absolute Gasteiger partial charge is 0.137 e. The van der Waals surface area contributed by atoms with Crippen LogP contribution in [0.4, 0.5) is 0 Å². The van der Waals surface area contributed by atoms with E-state index < -0.39 is 0 Å². The third-order valence-electron chi connectivity index (χ3n) is 2.57. The highest BCUT2D eigenvalue weighted by Gasteiger charge is 2.07. The summed E-state index contributed by atoms with van der Waals surface area (Å²) < 4.78 is 10.4. The SMILES string of the molecule is CCCC(=N\CCOCN)/C(CCC)=N/COCCN. The van der Waals surface area contributed by atoms with Crippen molar-refractivity contribution >= 4 is 11.4 Å². The molecule has 0 bridgehead atoms. The van der Waals surface area contributed by atoms with Gasteiger partial charge in [0.05, 0.1) is 37.9 Å². The molecule has 0 aliphatic rings. The van der Waals surface area contributed by atoms with Crippen LogP contribution >= 0.6 is 0 Å². The third-order valence-corrected chi connectivity index (χ3v) is 2.57. The first kappa shape index (κ1) is 19.2. The van der Waals surface area contributed by atoms with Crippen molar-refractivity contribution in [3.63, 3.8) is 0 Å². The topological polar surface area (TPSA) is 95.2 Å². The molecule has 6 heteroatoms. The lowest BCUT2D eigenvalue weighted by Gasteiger charge is -2.10. The molecule has 118 valence electrons. The number of rotatable bonds is 13. The van der Waals surface area contributed by atoms with Crippen LogP contribution in [-0.4, -0.2) is 51.2 Å². The summed E-state index contributed by atoms with van der Waals surface area (Å²) in [6, 6.07) is 0.